The first-order valence-corrected chi connectivity index (χ1v) is 7.76. The van der Waals surface area contributed by atoms with Gasteiger partial charge >= 0.3 is 0 Å². The number of likely N-dealkylation sites (N-methyl/N-ethyl adjacent to an activating group) is 1. The summed E-state index contributed by atoms with van der Waals surface area (Å²) in [6.07, 6.45) is 0.978. The molecule has 0 bridgehead atoms. The Morgan fingerprint density at radius 3 is 2.67 bits per heavy atom. The molecule has 0 saturated heterocycles. The molecule has 0 saturated carbocycles. The highest BCUT2D eigenvalue weighted by molar-refractivity contribution is 9.11. The number of thiophene rings is 1. The average Bonchev–Trinajstić information content (AvgIpc) is 2.75. The van der Waals surface area contributed by atoms with Gasteiger partial charge in [0.2, 0.25) is 0 Å². The third kappa shape index (κ3) is 3.35. The van der Waals surface area contributed by atoms with Crippen molar-refractivity contribution in [2.45, 2.75) is 19.4 Å². The number of hydrogen-bond donors (Lipinski definition) is 1. The smallest absolute Gasteiger partial charge is 0.0701 e. The van der Waals surface area contributed by atoms with Crippen LogP contribution in [0.5, 0.6) is 0 Å². The molecule has 1 nitrogen and oxygen atoms in total. The largest absolute Gasteiger partial charge is 0.313 e. The van der Waals surface area contributed by atoms with E-state index in [2.05, 4.69) is 51.6 Å². The van der Waals surface area contributed by atoms with Crippen LogP contribution >= 0.6 is 38.9 Å². The van der Waals surface area contributed by atoms with Gasteiger partial charge < -0.3 is 5.32 Å². The molecule has 0 amide bonds. The van der Waals surface area contributed by atoms with Crippen molar-refractivity contribution in [3.05, 3.63) is 55.1 Å². The summed E-state index contributed by atoms with van der Waals surface area (Å²) in [6, 6.07) is 10.8. The second kappa shape index (κ2) is 6.20. The van der Waals surface area contributed by atoms with Crippen molar-refractivity contribution in [3.63, 3.8) is 0 Å². The third-order valence-electron chi connectivity index (χ3n) is 2.98. The van der Waals surface area contributed by atoms with Gasteiger partial charge in [0.25, 0.3) is 0 Å². The molecule has 0 spiro atoms. The zero-order valence-electron chi connectivity index (χ0n) is 10.3. The molecular weight excluding hydrogens is 330 g/mol. The molecule has 2 aromatic rings. The van der Waals surface area contributed by atoms with Crippen molar-refractivity contribution < 1.29 is 0 Å². The molecular formula is C14H15BrClNS. The van der Waals surface area contributed by atoms with Crippen LogP contribution in [0.3, 0.4) is 0 Å². The summed E-state index contributed by atoms with van der Waals surface area (Å²) in [4.78, 5) is 1.36. The van der Waals surface area contributed by atoms with Gasteiger partial charge in [0, 0.05) is 22.4 Å². The van der Waals surface area contributed by atoms with E-state index in [0.29, 0.717) is 6.04 Å². The van der Waals surface area contributed by atoms with Crippen molar-refractivity contribution in [1.29, 1.82) is 0 Å². The van der Waals surface area contributed by atoms with Gasteiger partial charge in [-0.3, -0.25) is 0 Å². The molecule has 0 aliphatic rings. The lowest BCUT2D eigenvalue weighted by Crippen LogP contribution is -2.18. The molecule has 1 unspecified atom stereocenters. The molecule has 1 aromatic carbocycles. The van der Waals surface area contributed by atoms with Crippen LogP contribution in [0.25, 0.3) is 0 Å². The maximum absolute atomic E-state index is 6.19. The lowest BCUT2D eigenvalue weighted by atomic mass is 10.0. The summed E-state index contributed by atoms with van der Waals surface area (Å²) in [5.41, 5.74) is 2.35. The Kier molecular flexibility index (Phi) is 4.84. The van der Waals surface area contributed by atoms with E-state index >= 15 is 0 Å². The fourth-order valence-corrected chi connectivity index (χ4v) is 3.59. The number of nitrogens with one attached hydrogen (secondary N) is 1. The van der Waals surface area contributed by atoms with E-state index in [-0.39, 0.29) is 0 Å². The van der Waals surface area contributed by atoms with Crippen molar-refractivity contribution in [1.82, 2.24) is 5.32 Å². The molecule has 0 fully saturated rings. The lowest BCUT2D eigenvalue weighted by molar-refractivity contribution is 0.596. The van der Waals surface area contributed by atoms with Crippen LogP contribution in [-0.4, -0.2) is 7.05 Å². The average molecular weight is 345 g/mol. The predicted octanol–water partition coefficient (Wildman–Crippen LogP) is 4.98. The number of aryl methyl sites for hydroxylation is 1. The second-order valence-corrected chi connectivity index (χ2v) is 7.21. The quantitative estimate of drug-likeness (QED) is 0.825. The highest BCUT2D eigenvalue weighted by Crippen LogP contribution is 2.28. The summed E-state index contributed by atoms with van der Waals surface area (Å²) in [7, 11) is 1.99. The van der Waals surface area contributed by atoms with Gasteiger partial charge in [-0.05, 0) is 59.2 Å². The van der Waals surface area contributed by atoms with Gasteiger partial charge in [0.05, 0.1) is 3.79 Å². The van der Waals surface area contributed by atoms with Crippen LogP contribution in [0, 0.1) is 6.92 Å². The molecule has 0 radical (unpaired) electrons. The molecule has 0 aliphatic carbocycles. The summed E-state index contributed by atoms with van der Waals surface area (Å²) < 4.78 is 1.18. The first-order valence-electron chi connectivity index (χ1n) is 5.77. The summed E-state index contributed by atoms with van der Waals surface area (Å²) in [5.74, 6) is 0. The fraction of sp³-hybridized carbons (Fsp3) is 0.286. The number of halogens is 2. The lowest BCUT2D eigenvalue weighted by Gasteiger charge is -2.16. The summed E-state index contributed by atoms with van der Waals surface area (Å²) in [6.45, 7) is 2.02. The zero-order valence-corrected chi connectivity index (χ0v) is 13.5. The number of hydrogen-bond acceptors (Lipinski definition) is 2. The van der Waals surface area contributed by atoms with Gasteiger partial charge in [-0.25, -0.2) is 0 Å². The van der Waals surface area contributed by atoms with Crippen LogP contribution in [-0.2, 0) is 6.42 Å². The Labute approximate surface area is 125 Å². The van der Waals surface area contributed by atoms with Crippen molar-refractivity contribution in [2.75, 3.05) is 7.05 Å². The molecule has 2 rings (SSSR count). The van der Waals surface area contributed by atoms with Crippen LogP contribution in [0.1, 0.15) is 22.0 Å². The summed E-state index contributed by atoms with van der Waals surface area (Å²) in [5, 5.41) is 4.19. The van der Waals surface area contributed by atoms with E-state index in [0.717, 1.165) is 17.0 Å². The van der Waals surface area contributed by atoms with Gasteiger partial charge in [0.1, 0.15) is 0 Å². The van der Waals surface area contributed by atoms with Crippen LogP contribution < -0.4 is 5.32 Å². The van der Waals surface area contributed by atoms with Crippen molar-refractivity contribution in [2.24, 2.45) is 0 Å². The molecule has 1 N–H and O–H groups in total. The Bertz CT molecular complexity index is 538. The fourth-order valence-electron chi connectivity index (χ4n) is 1.88. The van der Waals surface area contributed by atoms with E-state index in [1.807, 2.05) is 14.0 Å². The molecule has 1 aromatic heterocycles. The minimum Gasteiger partial charge on any atom is -0.313 e. The highest BCUT2D eigenvalue weighted by Gasteiger charge is 2.12. The van der Waals surface area contributed by atoms with Gasteiger partial charge in [-0.2, -0.15) is 0 Å². The zero-order chi connectivity index (χ0) is 13.1. The van der Waals surface area contributed by atoms with E-state index in [4.69, 9.17) is 11.6 Å². The van der Waals surface area contributed by atoms with Crippen molar-refractivity contribution in [3.8, 4) is 0 Å². The minimum absolute atomic E-state index is 0.300. The number of rotatable bonds is 4. The molecule has 1 heterocycles. The molecule has 96 valence electrons. The normalized spacial score (nSPS) is 12.7. The first-order chi connectivity index (χ1) is 8.60. The monoisotopic (exact) mass is 343 g/mol. The first kappa shape index (κ1) is 14.1. The maximum Gasteiger partial charge on any atom is 0.0701 e. The third-order valence-corrected chi connectivity index (χ3v) is 5.03. The Morgan fingerprint density at radius 1 is 1.33 bits per heavy atom. The van der Waals surface area contributed by atoms with Crippen LogP contribution in [0.2, 0.25) is 5.02 Å². The Morgan fingerprint density at radius 2 is 2.11 bits per heavy atom. The molecule has 4 heteroatoms. The van der Waals surface area contributed by atoms with E-state index < -0.39 is 0 Å². The topological polar surface area (TPSA) is 12.0 Å². The minimum atomic E-state index is 0.300. The van der Waals surface area contributed by atoms with E-state index in [9.17, 15) is 0 Å². The predicted molar refractivity (Wildman–Crippen MR) is 83.7 cm³/mol. The molecule has 18 heavy (non-hydrogen) atoms. The van der Waals surface area contributed by atoms with Gasteiger partial charge in [0.15, 0.2) is 0 Å². The summed E-state index contributed by atoms with van der Waals surface area (Å²) >= 11 is 11.5. The van der Waals surface area contributed by atoms with E-state index in [1.54, 1.807) is 11.3 Å². The maximum atomic E-state index is 6.19. The number of benzene rings is 1. The van der Waals surface area contributed by atoms with Crippen LogP contribution in [0.4, 0.5) is 0 Å². The standard InChI is InChI=1S/C14H15BrClNS/c1-9-3-4-10(7-12(9)16)13(17-2)8-11-5-6-14(15)18-11/h3-7,13,17H,8H2,1-2H3. The molecule has 1 atom stereocenters. The second-order valence-electron chi connectivity index (χ2n) is 4.26. The van der Waals surface area contributed by atoms with Gasteiger partial charge in [-0.1, -0.05) is 23.7 Å². The molecule has 0 aliphatic heterocycles. The van der Waals surface area contributed by atoms with Gasteiger partial charge in [-0.15, -0.1) is 11.3 Å². The van der Waals surface area contributed by atoms with Crippen molar-refractivity contribution >= 4 is 38.9 Å². The SMILES string of the molecule is CNC(Cc1ccc(Br)s1)c1ccc(C)c(Cl)c1. The Balaban J connectivity index is 2.19. The Hall–Kier alpha value is -0.350. The highest BCUT2D eigenvalue weighted by atomic mass is 79.9. The van der Waals surface area contributed by atoms with Crippen LogP contribution in [0.15, 0.2) is 34.1 Å². The van der Waals surface area contributed by atoms with E-state index in [1.165, 1.54) is 14.2 Å².